The fourth-order valence-corrected chi connectivity index (χ4v) is 1.24. The largest absolute Gasteiger partial charge is 0.491 e. The Labute approximate surface area is 86.6 Å². The summed E-state index contributed by atoms with van der Waals surface area (Å²) >= 11 is 5.59. The first kappa shape index (κ1) is 11.0. The number of carbonyl (C=O) groups excluding carboxylic acids is 1. The average Bonchev–Trinajstić information content (AvgIpc) is 2.12. The minimum atomic E-state index is -0.626. The fraction of sp³-hybridized carbons (Fsp3) is 0.300. The Bertz CT molecular complexity index is 363. The lowest BCUT2D eigenvalue weighted by molar-refractivity contribution is 0.101. The molecule has 1 rings (SSSR count). The highest BCUT2D eigenvalue weighted by Crippen LogP contribution is 2.26. The molecule has 0 amide bonds. The summed E-state index contributed by atoms with van der Waals surface area (Å²) in [7, 11) is 0. The number of ketones is 1. The van der Waals surface area contributed by atoms with E-state index in [-0.39, 0.29) is 16.6 Å². The summed E-state index contributed by atoms with van der Waals surface area (Å²) in [5.74, 6) is -0.781. The molecule has 1 aromatic carbocycles. The summed E-state index contributed by atoms with van der Waals surface area (Å²) in [4.78, 5) is 11.0. The van der Waals surface area contributed by atoms with Crippen molar-refractivity contribution in [1.82, 2.24) is 0 Å². The Morgan fingerprint density at radius 3 is 2.71 bits per heavy atom. The van der Waals surface area contributed by atoms with Crippen molar-refractivity contribution in [2.24, 2.45) is 0 Å². The number of hydrogen-bond acceptors (Lipinski definition) is 2. The van der Waals surface area contributed by atoms with Crippen LogP contribution in [0.25, 0.3) is 0 Å². The van der Waals surface area contributed by atoms with Gasteiger partial charge in [-0.2, -0.15) is 0 Å². The Balaban J connectivity index is 3.20. The summed E-state index contributed by atoms with van der Waals surface area (Å²) in [5, 5.41) is -0.0962. The molecule has 0 aliphatic heterocycles. The van der Waals surface area contributed by atoms with Crippen LogP contribution >= 0.6 is 11.6 Å². The molecule has 0 saturated heterocycles. The van der Waals surface area contributed by atoms with E-state index < -0.39 is 5.82 Å². The molecule has 0 aliphatic carbocycles. The Hall–Kier alpha value is -1.09. The number of rotatable bonds is 3. The smallest absolute Gasteiger partial charge is 0.183 e. The van der Waals surface area contributed by atoms with Gasteiger partial charge in [0.15, 0.2) is 17.3 Å². The summed E-state index contributed by atoms with van der Waals surface area (Å²) in [6, 6.07) is 2.65. The van der Waals surface area contributed by atoms with Gasteiger partial charge >= 0.3 is 0 Å². The zero-order valence-corrected chi connectivity index (χ0v) is 8.69. The maximum atomic E-state index is 13.3. The lowest BCUT2D eigenvalue weighted by Crippen LogP contribution is -1.99. The van der Waals surface area contributed by atoms with Gasteiger partial charge < -0.3 is 4.74 Å². The molecule has 0 atom stereocenters. The van der Waals surface area contributed by atoms with Crippen molar-refractivity contribution in [3.8, 4) is 5.75 Å². The highest BCUT2D eigenvalue weighted by molar-refractivity contribution is 6.31. The molecule has 0 aromatic heterocycles. The van der Waals surface area contributed by atoms with E-state index in [4.69, 9.17) is 16.3 Å². The van der Waals surface area contributed by atoms with Gasteiger partial charge in [0.25, 0.3) is 0 Å². The first-order chi connectivity index (χ1) is 6.56. The predicted octanol–water partition coefficient (Wildman–Crippen LogP) is 3.08. The standard InChI is InChI=1S/C10H10ClFO2/c1-3-14-9-5-7(6(2)13)4-8(11)10(9)12/h4-5H,3H2,1-2H3. The molecule has 0 N–H and O–H groups in total. The second kappa shape index (κ2) is 4.42. The maximum Gasteiger partial charge on any atom is 0.183 e. The number of Topliss-reactive ketones (excluding diaryl/α,β-unsaturated/α-hetero) is 1. The highest BCUT2D eigenvalue weighted by Gasteiger charge is 2.12. The maximum absolute atomic E-state index is 13.3. The average molecular weight is 217 g/mol. The molecule has 0 spiro atoms. The molecule has 0 fully saturated rings. The van der Waals surface area contributed by atoms with E-state index in [1.807, 2.05) is 0 Å². The quantitative estimate of drug-likeness (QED) is 0.726. The SMILES string of the molecule is CCOc1cc(C(C)=O)cc(Cl)c1F. The van der Waals surface area contributed by atoms with E-state index in [2.05, 4.69) is 0 Å². The molecular weight excluding hydrogens is 207 g/mol. The third-order valence-electron chi connectivity index (χ3n) is 1.70. The first-order valence-electron chi connectivity index (χ1n) is 4.19. The number of ether oxygens (including phenoxy) is 1. The van der Waals surface area contributed by atoms with Crippen LogP contribution in [0.1, 0.15) is 24.2 Å². The first-order valence-corrected chi connectivity index (χ1v) is 4.56. The molecule has 2 nitrogen and oxygen atoms in total. The topological polar surface area (TPSA) is 26.3 Å². The van der Waals surface area contributed by atoms with Crippen molar-refractivity contribution in [2.45, 2.75) is 13.8 Å². The molecule has 0 unspecified atom stereocenters. The zero-order chi connectivity index (χ0) is 10.7. The summed E-state index contributed by atoms with van der Waals surface area (Å²) in [5.41, 5.74) is 0.347. The predicted molar refractivity (Wildman–Crippen MR) is 52.6 cm³/mol. The van der Waals surface area contributed by atoms with Gasteiger partial charge in [0, 0.05) is 5.56 Å². The molecule has 4 heteroatoms. The van der Waals surface area contributed by atoms with Crippen LogP contribution < -0.4 is 4.74 Å². The number of halogens is 2. The van der Waals surface area contributed by atoms with Gasteiger partial charge in [-0.25, -0.2) is 4.39 Å². The zero-order valence-electron chi connectivity index (χ0n) is 7.93. The second-order valence-electron chi connectivity index (χ2n) is 2.76. The van der Waals surface area contributed by atoms with Gasteiger partial charge in [0.1, 0.15) is 0 Å². The molecule has 14 heavy (non-hydrogen) atoms. The third kappa shape index (κ3) is 2.23. The molecule has 0 aliphatic rings. The summed E-state index contributed by atoms with van der Waals surface area (Å²) in [6.07, 6.45) is 0. The van der Waals surface area contributed by atoms with Crippen LogP contribution in [0.5, 0.6) is 5.75 Å². The van der Waals surface area contributed by atoms with Crippen molar-refractivity contribution < 1.29 is 13.9 Å². The Morgan fingerprint density at radius 2 is 2.21 bits per heavy atom. The minimum absolute atomic E-state index is 0.0187. The van der Waals surface area contributed by atoms with Crippen LogP contribution in [0.3, 0.4) is 0 Å². The molecule has 76 valence electrons. The van der Waals surface area contributed by atoms with Crippen LogP contribution in [0.4, 0.5) is 4.39 Å². The number of benzene rings is 1. The van der Waals surface area contributed by atoms with E-state index in [1.165, 1.54) is 19.1 Å². The molecular formula is C10H10ClFO2. The monoisotopic (exact) mass is 216 g/mol. The molecule has 0 radical (unpaired) electrons. The van der Waals surface area contributed by atoms with Gasteiger partial charge in [-0.1, -0.05) is 11.6 Å². The fourth-order valence-electron chi connectivity index (χ4n) is 1.03. The van der Waals surface area contributed by atoms with Crippen LogP contribution in [0, 0.1) is 5.82 Å². The van der Waals surface area contributed by atoms with Crippen molar-refractivity contribution in [2.75, 3.05) is 6.61 Å². The summed E-state index contributed by atoms with van der Waals surface area (Å²) in [6.45, 7) is 3.45. The normalized spacial score (nSPS) is 10.0. The van der Waals surface area contributed by atoms with Gasteiger partial charge in [-0.3, -0.25) is 4.79 Å². The highest BCUT2D eigenvalue weighted by atomic mass is 35.5. The van der Waals surface area contributed by atoms with Gasteiger partial charge in [-0.05, 0) is 26.0 Å². The van der Waals surface area contributed by atoms with Crippen molar-refractivity contribution in [3.63, 3.8) is 0 Å². The molecule has 0 saturated carbocycles. The van der Waals surface area contributed by atoms with E-state index in [1.54, 1.807) is 6.92 Å². The van der Waals surface area contributed by atoms with Gasteiger partial charge in [-0.15, -0.1) is 0 Å². The Kier molecular flexibility index (Phi) is 3.47. The molecule has 1 aromatic rings. The Morgan fingerprint density at radius 1 is 1.57 bits per heavy atom. The van der Waals surface area contributed by atoms with E-state index in [0.717, 1.165) is 0 Å². The summed E-state index contributed by atoms with van der Waals surface area (Å²) < 4.78 is 18.3. The van der Waals surface area contributed by atoms with Crippen LogP contribution in [-0.2, 0) is 0 Å². The van der Waals surface area contributed by atoms with Crippen molar-refractivity contribution >= 4 is 17.4 Å². The van der Waals surface area contributed by atoms with Gasteiger partial charge in [0.05, 0.1) is 11.6 Å². The van der Waals surface area contributed by atoms with Gasteiger partial charge in [0.2, 0.25) is 0 Å². The van der Waals surface area contributed by atoms with E-state index in [9.17, 15) is 9.18 Å². The lowest BCUT2D eigenvalue weighted by Gasteiger charge is -2.07. The lowest BCUT2D eigenvalue weighted by atomic mass is 10.1. The minimum Gasteiger partial charge on any atom is -0.491 e. The number of carbonyl (C=O) groups is 1. The second-order valence-corrected chi connectivity index (χ2v) is 3.17. The van der Waals surface area contributed by atoms with Crippen LogP contribution in [0.15, 0.2) is 12.1 Å². The molecule has 0 heterocycles. The van der Waals surface area contributed by atoms with E-state index in [0.29, 0.717) is 12.2 Å². The third-order valence-corrected chi connectivity index (χ3v) is 1.98. The van der Waals surface area contributed by atoms with E-state index >= 15 is 0 Å². The molecule has 0 bridgehead atoms. The van der Waals surface area contributed by atoms with Crippen molar-refractivity contribution in [3.05, 3.63) is 28.5 Å². The number of hydrogen-bond donors (Lipinski definition) is 0. The van der Waals surface area contributed by atoms with Crippen molar-refractivity contribution in [1.29, 1.82) is 0 Å². The van der Waals surface area contributed by atoms with Crippen LogP contribution in [-0.4, -0.2) is 12.4 Å². The van der Waals surface area contributed by atoms with Crippen LogP contribution in [0.2, 0.25) is 5.02 Å².